The molecule has 1 aromatic rings. The lowest BCUT2D eigenvalue weighted by molar-refractivity contribution is 0.131. The third-order valence-electron chi connectivity index (χ3n) is 1.85. The van der Waals surface area contributed by atoms with Gasteiger partial charge in [0.15, 0.2) is 0 Å². The first kappa shape index (κ1) is 11.6. The van der Waals surface area contributed by atoms with Crippen LogP contribution in [-0.2, 0) is 0 Å². The highest BCUT2D eigenvalue weighted by Crippen LogP contribution is 2.27. The van der Waals surface area contributed by atoms with Crippen molar-refractivity contribution in [3.8, 4) is 11.5 Å². The molecule has 2 nitrogen and oxygen atoms in total. The van der Waals surface area contributed by atoms with E-state index in [2.05, 4.69) is 6.58 Å². The summed E-state index contributed by atoms with van der Waals surface area (Å²) in [7, 11) is 1.65. The van der Waals surface area contributed by atoms with Crippen molar-refractivity contribution in [3.63, 3.8) is 0 Å². The lowest BCUT2D eigenvalue weighted by Crippen LogP contribution is -2.22. The van der Waals surface area contributed by atoms with E-state index in [0.717, 1.165) is 17.1 Å². The van der Waals surface area contributed by atoms with Crippen LogP contribution in [-0.4, -0.2) is 12.7 Å². The van der Waals surface area contributed by atoms with Crippen molar-refractivity contribution in [2.75, 3.05) is 7.11 Å². The molecule has 82 valence electrons. The third-order valence-corrected chi connectivity index (χ3v) is 1.85. The number of methoxy groups -OCH3 is 1. The van der Waals surface area contributed by atoms with Gasteiger partial charge < -0.3 is 9.47 Å². The standard InChI is InChI=1S/C13H18O2/c1-6-10-9-11(15-13(2,3)4)7-8-12(10)14-5/h6-9H,1H2,2-5H3. The molecule has 0 fully saturated rings. The van der Waals surface area contributed by atoms with E-state index in [1.165, 1.54) is 0 Å². The van der Waals surface area contributed by atoms with Gasteiger partial charge in [-0.05, 0) is 39.0 Å². The van der Waals surface area contributed by atoms with Crippen LogP contribution in [0.4, 0.5) is 0 Å². The van der Waals surface area contributed by atoms with Gasteiger partial charge in [-0.2, -0.15) is 0 Å². The summed E-state index contributed by atoms with van der Waals surface area (Å²) in [6.45, 7) is 9.80. The Morgan fingerprint density at radius 2 is 1.93 bits per heavy atom. The van der Waals surface area contributed by atoms with E-state index in [9.17, 15) is 0 Å². The quantitative estimate of drug-likeness (QED) is 0.753. The molecule has 0 aromatic heterocycles. The first-order valence-electron chi connectivity index (χ1n) is 4.96. The number of rotatable bonds is 3. The van der Waals surface area contributed by atoms with Crippen molar-refractivity contribution in [3.05, 3.63) is 30.3 Å². The summed E-state index contributed by atoms with van der Waals surface area (Å²) in [6, 6.07) is 5.71. The Kier molecular flexibility index (Phi) is 3.40. The van der Waals surface area contributed by atoms with Crippen LogP contribution in [0.5, 0.6) is 11.5 Å². The molecule has 1 rings (SSSR count). The Morgan fingerprint density at radius 3 is 2.40 bits per heavy atom. The normalized spacial score (nSPS) is 10.9. The van der Waals surface area contributed by atoms with Gasteiger partial charge in [0, 0.05) is 5.56 Å². The molecule has 0 aliphatic rings. The van der Waals surface area contributed by atoms with Gasteiger partial charge in [-0.15, -0.1) is 0 Å². The van der Waals surface area contributed by atoms with E-state index in [-0.39, 0.29) is 5.60 Å². The Morgan fingerprint density at radius 1 is 1.27 bits per heavy atom. The van der Waals surface area contributed by atoms with Gasteiger partial charge in [0.25, 0.3) is 0 Å². The fourth-order valence-electron chi connectivity index (χ4n) is 1.29. The molecule has 0 spiro atoms. The van der Waals surface area contributed by atoms with E-state index < -0.39 is 0 Å². The molecule has 0 atom stereocenters. The minimum atomic E-state index is -0.187. The SMILES string of the molecule is C=Cc1cc(OC(C)(C)C)ccc1OC. The summed E-state index contributed by atoms with van der Waals surface area (Å²) >= 11 is 0. The second-order valence-electron chi connectivity index (χ2n) is 4.32. The topological polar surface area (TPSA) is 18.5 Å². The largest absolute Gasteiger partial charge is 0.496 e. The highest BCUT2D eigenvalue weighted by Gasteiger charge is 2.12. The van der Waals surface area contributed by atoms with Gasteiger partial charge >= 0.3 is 0 Å². The Bertz CT molecular complexity index is 348. The summed E-state index contributed by atoms with van der Waals surface area (Å²) < 4.78 is 10.9. The van der Waals surface area contributed by atoms with Crippen molar-refractivity contribution < 1.29 is 9.47 Å². The molecule has 15 heavy (non-hydrogen) atoms. The second-order valence-corrected chi connectivity index (χ2v) is 4.32. The van der Waals surface area contributed by atoms with Crippen molar-refractivity contribution in [1.29, 1.82) is 0 Å². The molecule has 0 unspecified atom stereocenters. The Hall–Kier alpha value is -1.44. The lowest BCUT2D eigenvalue weighted by Gasteiger charge is -2.21. The van der Waals surface area contributed by atoms with Crippen molar-refractivity contribution in [1.82, 2.24) is 0 Å². The van der Waals surface area contributed by atoms with Crippen LogP contribution in [0.15, 0.2) is 24.8 Å². The first-order chi connectivity index (χ1) is 6.96. The maximum absolute atomic E-state index is 5.74. The molecular weight excluding hydrogens is 188 g/mol. The summed E-state index contributed by atoms with van der Waals surface area (Å²) in [5.41, 5.74) is 0.756. The van der Waals surface area contributed by atoms with Crippen LogP contribution in [0.1, 0.15) is 26.3 Å². The van der Waals surface area contributed by atoms with Crippen LogP contribution in [0.3, 0.4) is 0 Å². The van der Waals surface area contributed by atoms with Crippen LogP contribution in [0.2, 0.25) is 0 Å². The third kappa shape index (κ3) is 3.31. The maximum atomic E-state index is 5.74. The van der Waals surface area contributed by atoms with E-state index in [4.69, 9.17) is 9.47 Å². The minimum Gasteiger partial charge on any atom is -0.496 e. The second kappa shape index (κ2) is 4.39. The molecular formula is C13H18O2. The van der Waals surface area contributed by atoms with Crippen molar-refractivity contribution in [2.24, 2.45) is 0 Å². The number of hydrogen-bond donors (Lipinski definition) is 0. The van der Waals surface area contributed by atoms with Gasteiger partial charge in [0.1, 0.15) is 17.1 Å². The molecule has 0 radical (unpaired) electrons. The Labute approximate surface area is 91.5 Å². The fraction of sp³-hybridized carbons (Fsp3) is 0.385. The number of benzene rings is 1. The van der Waals surface area contributed by atoms with Crippen molar-refractivity contribution >= 4 is 6.08 Å². The summed E-state index contributed by atoms with van der Waals surface area (Å²) in [5.74, 6) is 1.64. The summed E-state index contributed by atoms with van der Waals surface area (Å²) in [4.78, 5) is 0. The van der Waals surface area contributed by atoms with Crippen LogP contribution in [0.25, 0.3) is 6.08 Å². The van der Waals surface area contributed by atoms with Crippen molar-refractivity contribution in [2.45, 2.75) is 26.4 Å². The highest BCUT2D eigenvalue weighted by molar-refractivity contribution is 5.58. The maximum Gasteiger partial charge on any atom is 0.126 e. The zero-order chi connectivity index (χ0) is 11.5. The van der Waals surface area contributed by atoms with Crippen LogP contribution in [0, 0.1) is 0 Å². The number of ether oxygens (including phenoxy) is 2. The van der Waals surface area contributed by atoms with E-state index in [1.807, 2.05) is 39.0 Å². The molecule has 0 bridgehead atoms. The Balaban J connectivity index is 2.98. The first-order valence-corrected chi connectivity index (χ1v) is 4.96. The molecule has 0 heterocycles. The van der Waals surface area contributed by atoms with E-state index in [0.29, 0.717) is 0 Å². The van der Waals surface area contributed by atoms with Crippen LogP contribution < -0.4 is 9.47 Å². The average Bonchev–Trinajstić information content (AvgIpc) is 2.15. The molecule has 0 saturated heterocycles. The molecule has 0 aliphatic carbocycles. The summed E-state index contributed by atoms with van der Waals surface area (Å²) in [5, 5.41) is 0. The van der Waals surface area contributed by atoms with E-state index >= 15 is 0 Å². The van der Waals surface area contributed by atoms with E-state index in [1.54, 1.807) is 13.2 Å². The molecule has 0 N–H and O–H groups in total. The fourth-order valence-corrected chi connectivity index (χ4v) is 1.29. The molecule has 0 amide bonds. The minimum absolute atomic E-state index is 0.187. The molecule has 0 saturated carbocycles. The molecule has 2 heteroatoms. The smallest absolute Gasteiger partial charge is 0.126 e. The van der Waals surface area contributed by atoms with Gasteiger partial charge in [0.05, 0.1) is 7.11 Å². The van der Waals surface area contributed by atoms with Gasteiger partial charge in [-0.1, -0.05) is 12.7 Å². The zero-order valence-corrected chi connectivity index (χ0v) is 9.83. The molecule has 0 aliphatic heterocycles. The van der Waals surface area contributed by atoms with Gasteiger partial charge in [-0.25, -0.2) is 0 Å². The monoisotopic (exact) mass is 206 g/mol. The lowest BCUT2D eigenvalue weighted by atomic mass is 10.1. The summed E-state index contributed by atoms with van der Waals surface area (Å²) in [6.07, 6.45) is 1.76. The number of hydrogen-bond acceptors (Lipinski definition) is 2. The van der Waals surface area contributed by atoms with Crippen LogP contribution >= 0.6 is 0 Å². The molecule has 1 aromatic carbocycles. The zero-order valence-electron chi connectivity index (χ0n) is 9.83. The predicted octanol–water partition coefficient (Wildman–Crippen LogP) is 3.52. The average molecular weight is 206 g/mol. The predicted molar refractivity (Wildman–Crippen MR) is 63.5 cm³/mol. The highest BCUT2D eigenvalue weighted by atomic mass is 16.5. The van der Waals surface area contributed by atoms with Gasteiger partial charge in [0.2, 0.25) is 0 Å². The van der Waals surface area contributed by atoms with Gasteiger partial charge in [-0.3, -0.25) is 0 Å².